The zero-order valence-electron chi connectivity index (χ0n) is 18.5. The van der Waals surface area contributed by atoms with E-state index < -0.39 is 4.92 Å². The molecule has 0 bridgehead atoms. The van der Waals surface area contributed by atoms with E-state index >= 15 is 0 Å². The van der Waals surface area contributed by atoms with Gasteiger partial charge in [0.15, 0.2) is 0 Å². The van der Waals surface area contributed by atoms with Crippen molar-refractivity contribution in [1.82, 2.24) is 14.4 Å². The number of hydrogen-bond donors (Lipinski definition) is 0. The summed E-state index contributed by atoms with van der Waals surface area (Å²) in [6, 6.07) is 9.98. The van der Waals surface area contributed by atoms with Crippen LogP contribution in [0.2, 0.25) is 0 Å². The molecule has 0 saturated heterocycles. The summed E-state index contributed by atoms with van der Waals surface area (Å²) in [5, 5.41) is 11.2. The van der Waals surface area contributed by atoms with Gasteiger partial charge in [-0.1, -0.05) is 25.3 Å². The number of aromatic nitrogens is 1. The fourth-order valence-corrected chi connectivity index (χ4v) is 4.56. The van der Waals surface area contributed by atoms with Crippen LogP contribution in [0, 0.1) is 10.1 Å². The predicted molar refractivity (Wildman–Crippen MR) is 120 cm³/mol. The number of amides is 2. The Morgan fingerprint density at radius 3 is 2.38 bits per heavy atom. The van der Waals surface area contributed by atoms with E-state index in [4.69, 9.17) is 0 Å². The standard InChI is InChI=1S/C24H30N4O4/c1-25-14-6-11-22(25)16-26(20-12-13-20)23(29)17-27(19-8-3-2-4-9-19)24(30)18-7-5-10-21(15-18)28(31)32/h5-7,10-11,14-15,19-20H,2-4,8-9,12-13,16-17H2,1H3. The number of non-ortho nitro benzene ring substituents is 1. The van der Waals surface area contributed by atoms with Gasteiger partial charge in [0.2, 0.25) is 5.91 Å². The van der Waals surface area contributed by atoms with Gasteiger partial charge >= 0.3 is 0 Å². The van der Waals surface area contributed by atoms with E-state index in [0.29, 0.717) is 6.54 Å². The molecule has 2 aliphatic rings. The van der Waals surface area contributed by atoms with Crippen molar-refractivity contribution >= 4 is 17.5 Å². The Kier molecular flexibility index (Phi) is 6.58. The number of nitrogens with zero attached hydrogens (tertiary/aromatic N) is 4. The molecule has 2 fully saturated rings. The topological polar surface area (TPSA) is 88.7 Å². The number of nitro benzene ring substituents is 1. The van der Waals surface area contributed by atoms with Crippen molar-refractivity contribution in [3.8, 4) is 0 Å². The highest BCUT2D eigenvalue weighted by atomic mass is 16.6. The molecule has 2 saturated carbocycles. The molecule has 2 amide bonds. The number of carbonyl (C=O) groups is 2. The zero-order chi connectivity index (χ0) is 22.7. The lowest BCUT2D eigenvalue weighted by Crippen LogP contribution is -2.48. The van der Waals surface area contributed by atoms with Gasteiger partial charge in [-0.2, -0.15) is 0 Å². The second-order valence-electron chi connectivity index (χ2n) is 8.90. The molecule has 0 unspecified atom stereocenters. The van der Waals surface area contributed by atoms with Crippen LogP contribution in [0.3, 0.4) is 0 Å². The maximum absolute atomic E-state index is 13.5. The minimum Gasteiger partial charge on any atom is -0.353 e. The van der Waals surface area contributed by atoms with Gasteiger partial charge in [0.25, 0.3) is 11.6 Å². The van der Waals surface area contributed by atoms with Gasteiger partial charge in [-0.3, -0.25) is 19.7 Å². The van der Waals surface area contributed by atoms with Gasteiger partial charge in [-0.15, -0.1) is 0 Å². The Hall–Kier alpha value is -3.16. The monoisotopic (exact) mass is 438 g/mol. The van der Waals surface area contributed by atoms with Crippen LogP contribution in [-0.4, -0.2) is 49.7 Å². The van der Waals surface area contributed by atoms with E-state index in [2.05, 4.69) is 0 Å². The summed E-state index contributed by atoms with van der Waals surface area (Å²) < 4.78 is 2.01. The lowest BCUT2D eigenvalue weighted by atomic mass is 9.93. The van der Waals surface area contributed by atoms with Gasteiger partial charge in [0.1, 0.15) is 6.54 Å². The van der Waals surface area contributed by atoms with Crippen LogP contribution < -0.4 is 0 Å². The molecule has 1 heterocycles. The SMILES string of the molecule is Cn1cccc1CN(C(=O)CN(C(=O)c1cccc([N+](=O)[O-])c1)C1CCCCC1)C1CC1. The largest absolute Gasteiger partial charge is 0.353 e. The first-order valence-electron chi connectivity index (χ1n) is 11.4. The Labute approximate surface area is 188 Å². The maximum atomic E-state index is 13.5. The van der Waals surface area contributed by atoms with Crippen LogP contribution in [0.25, 0.3) is 0 Å². The summed E-state index contributed by atoms with van der Waals surface area (Å²) in [5.74, 6) is -0.360. The van der Waals surface area contributed by atoms with E-state index in [-0.39, 0.29) is 41.7 Å². The molecule has 1 aromatic carbocycles. The normalized spacial score (nSPS) is 16.5. The molecular formula is C24H30N4O4. The molecule has 8 heteroatoms. The molecule has 4 rings (SSSR count). The molecule has 0 N–H and O–H groups in total. The Morgan fingerprint density at radius 2 is 1.75 bits per heavy atom. The number of carbonyl (C=O) groups excluding carboxylic acids is 2. The molecular weight excluding hydrogens is 408 g/mol. The van der Waals surface area contributed by atoms with E-state index in [9.17, 15) is 19.7 Å². The summed E-state index contributed by atoms with van der Waals surface area (Å²) in [7, 11) is 1.96. The van der Waals surface area contributed by atoms with E-state index in [1.165, 1.54) is 18.2 Å². The second-order valence-corrected chi connectivity index (χ2v) is 8.90. The Morgan fingerprint density at radius 1 is 1.03 bits per heavy atom. The molecule has 0 spiro atoms. The molecule has 170 valence electrons. The summed E-state index contributed by atoms with van der Waals surface area (Å²) in [6.07, 6.45) is 8.82. The van der Waals surface area contributed by atoms with Crippen LogP contribution in [0.15, 0.2) is 42.6 Å². The van der Waals surface area contributed by atoms with Gasteiger partial charge in [-0.25, -0.2) is 0 Å². The lowest BCUT2D eigenvalue weighted by molar-refractivity contribution is -0.384. The van der Waals surface area contributed by atoms with E-state index in [1.54, 1.807) is 11.0 Å². The minimum atomic E-state index is -0.498. The van der Waals surface area contributed by atoms with Crippen LogP contribution in [0.5, 0.6) is 0 Å². The van der Waals surface area contributed by atoms with Crippen LogP contribution in [0.4, 0.5) is 5.69 Å². The quantitative estimate of drug-likeness (QED) is 0.462. The van der Waals surface area contributed by atoms with Crippen molar-refractivity contribution in [2.45, 2.75) is 63.6 Å². The predicted octanol–water partition coefficient (Wildman–Crippen LogP) is 3.90. The van der Waals surface area contributed by atoms with Gasteiger partial charge in [0, 0.05) is 48.7 Å². The number of benzene rings is 1. The van der Waals surface area contributed by atoms with Crippen molar-refractivity contribution in [2.75, 3.05) is 6.54 Å². The second kappa shape index (κ2) is 9.54. The molecule has 8 nitrogen and oxygen atoms in total. The van der Waals surface area contributed by atoms with Crippen LogP contribution in [0.1, 0.15) is 61.0 Å². The maximum Gasteiger partial charge on any atom is 0.270 e. The fraction of sp³-hybridized carbons (Fsp3) is 0.500. The molecule has 2 aliphatic carbocycles. The highest BCUT2D eigenvalue weighted by molar-refractivity contribution is 5.97. The number of hydrogen-bond acceptors (Lipinski definition) is 4. The van der Waals surface area contributed by atoms with Crippen molar-refractivity contribution in [2.24, 2.45) is 7.05 Å². The Balaban J connectivity index is 1.56. The van der Waals surface area contributed by atoms with Gasteiger partial charge in [-0.05, 0) is 43.9 Å². The third-order valence-electron chi connectivity index (χ3n) is 6.58. The summed E-state index contributed by atoms with van der Waals surface area (Å²) >= 11 is 0. The Bertz CT molecular complexity index is 991. The number of aryl methyl sites for hydroxylation is 1. The average Bonchev–Trinajstić information content (AvgIpc) is 3.57. The first-order valence-corrected chi connectivity index (χ1v) is 11.4. The summed E-state index contributed by atoms with van der Waals surface area (Å²) in [4.78, 5) is 41.2. The number of rotatable bonds is 8. The van der Waals surface area contributed by atoms with Gasteiger partial charge < -0.3 is 14.4 Å². The smallest absolute Gasteiger partial charge is 0.270 e. The first-order chi connectivity index (χ1) is 15.4. The average molecular weight is 439 g/mol. The molecule has 32 heavy (non-hydrogen) atoms. The van der Waals surface area contributed by atoms with Gasteiger partial charge in [0.05, 0.1) is 11.5 Å². The minimum absolute atomic E-state index is 0.00706. The van der Waals surface area contributed by atoms with Crippen molar-refractivity contribution in [1.29, 1.82) is 0 Å². The summed E-state index contributed by atoms with van der Waals surface area (Å²) in [6.45, 7) is 0.531. The third-order valence-corrected chi connectivity index (χ3v) is 6.58. The molecule has 2 aromatic rings. The van der Waals surface area contributed by atoms with Crippen molar-refractivity contribution in [3.05, 3.63) is 64.0 Å². The zero-order valence-corrected chi connectivity index (χ0v) is 18.5. The fourth-order valence-electron chi connectivity index (χ4n) is 4.56. The molecule has 1 aromatic heterocycles. The highest BCUT2D eigenvalue weighted by Crippen LogP contribution is 2.30. The molecule has 0 aliphatic heterocycles. The number of nitro groups is 1. The van der Waals surface area contributed by atoms with Crippen molar-refractivity contribution in [3.63, 3.8) is 0 Å². The highest BCUT2D eigenvalue weighted by Gasteiger charge is 2.36. The van der Waals surface area contributed by atoms with E-state index in [0.717, 1.165) is 50.6 Å². The molecule has 0 atom stereocenters. The summed E-state index contributed by atoms with van der Waals surface area (Å²) in [5.41, 5.74) is 1.20. The third kappa shape index (κ3) is 5.00. The van der Waals surface area contributed by atoms with Crippen LogP contribution in [-0.2, 0) is 18.4 Å². The lowest BCUT2D eigenvalue weighted by Gasteiger charge is -2.35. The van der Waals surface area contributed by atoms with Crippen LogP contribution >= 0.6 is 0 Å². The first kappa shape index (κ1) is 22.0. The molecule has 0 radical (unpaired) electrons. The van der Waals surface area contributed by atoms with E-state index in [1.807, 2.05) is 34.8 Å². The van der Waals surface area contributed by atoms with Crippen molar-refractivity contribution < 1.29 is 14.5 Å².